The highest BCUT2D eigenvalue weighted by Gasteiger charge is 2.11. The van der Waals surface area contributed by atoms with E-state index in [2.05, 4.69) is 5.32 Å². The van der Waals surface area contributed by atoms with Crippen molar-refractivity contribution < 1.29 is 13.6 Å². The van der Waals surface area contributed by atoms with Gasteiger partial charge in [0.15, 0.2) is 11.6 Å². The molecule has 5 heteroatoms. The van der Waals surface area contributed by atoms with E-state index in [0.717, 1.165) is 17.7 Å². The molecule has 0 saturated heterocycles. The Kier molecular flexibility index (Phi) is 5.59. The number of carbonyl (C=O) groups excluding carboxylic acids is 1. The fraction of sp³-hybridized carbons (Fsp3) is 0.111. The molecule has 23 heavy (non-hydrogen) atoms. The summed E-state index contributed by atoms with van der Waals surface area (Å²) in [5.74, 6) is -2.73. The molecule has 0 spiro atoms. The third-order valence-corrected chi connectivity index (χ3v) is 3.19. The van der Waals surface area contributed by atoms with E-state index in [4.69, 9.17) is 5.26 Å². The summed E-state index contributed by atoms with van der Waals surface area (Å²) in [6.07, 6.45) is 1.65. The average Bonchev–Trinajstić information content (AvgIpc) is 2.57. The van der Waals surface area contributed by atoms with Gasteiger partial charge in [-0.05, 0) is 24.1 Å². The first kappa shape index (κ1) is 16.4. The summed E-state index contributed by atoms with van der Waals surface area (Å²) in [6, 6.07) is 14.8. The number of amides is 1. The lowest BCUT2D eigenvalue weighted by Crippen LogP contribution is -2.26. The van der Waals surface area contributed by atoms with Crippen LogP contribution in [0.5, 0.6) is 0 Å². The van der Waals surface area contributed by atoms with Crippen LogP contribution in [0.3, 0.4) is 0 Å². The van der Waals surface area contributed by atoms with Crippen LogP contribution >= 0.6 is 0 Å². The Balaban J connectivity index is 2.03. The molecule has 0 radical (unpaired) electrons. The second kappa shape index (κ2) is 7.85. The maximum atomic E-state index is 13.6. The fourth-order valence-electron chi connectivity index (χ4n) is 2.00. The van der Waals surface area contributed by atoms with Gasteiger partial charge in [0.1, 0.15) is 11.6 Å². The van der Waals surface area contributed by atoms with Gasteiger partial charge in [-0.1, -0.05) is 42.5 Å². The number of hydrogen-bond acceptors (Lipinski definition) is 2. The van der Waals surface area contributed by atoms with E-state index in [1.165, 1.54) is 12.1 Å². The number of nitrogens with one attached hydrogen (secondary N) is 1. The van der Waals surface area contributed by atoms with Gasteiger partial charge in [-0.15, -0.1) is 0 Å². The molecule has 2 aromatic rings. The fourth-order valence-corrected chi connectivity index (χ4v) is 2.00. The lowest BCUT2D eigenvalue weighted by atomic mass is 10.1. The molecule has 0 aliphatic heterocycles. The standard InChI is InChI=1S/C18H14F2N2O/c19-16-8-4-7-14(17(16)20)11-15(12-21)18(23)22-10-9-13-5-2-1-3-6-13/h1-8,11H,9-10H2,(H,22,23)/b15-11-. The largest absolute Gasteiger partial charge is 0.351 e. The molecule has 0 atom stereocenters. The molecule has 2 rings (SSSR count). The number of halogens is 2. The van der Waals surface area contributed by atoms with Gasteiger partial charge in [0.05, 0.1) is 0 Å². The Bertz CT molecular complexity index is 764. The number of nitriles is 1. The van der Waals surface area contributed by atoms with Crippen LogP contribution in [0.25, 0.3) is 6.08 Å². The molecule has 0 aliphatic rings. The molecule has 1 N–H and O–H groups in total. The van der Waals surface area contributed by atoms with Gasteiger partial charge in [-0.3, -0.25) is 4.79 Å². The van der Waals surface area contributed by atoms with E-state index in [-0.39, 0.29) is 11.1 Å². The number of rotatable bonds is 5. The Labute approximate surface area is 132 Å². The van der Waals surface area contributed by atoms with Crippen molar-refractivity contribution in [3.05, 3.63) is 76.9 Å². The molecule has 1 amide bonds. The Morgan fingerprint density at radius 2 is 1.87 bits per heavy atom. The first-order valence-electron chi connectivity index (χ1n) is 6.99. The van der Waals surface area contributed by atoms with Crippen LogP contribution in [0.4, 0.5) is 8.78 Å². The van der Waals surface area contributed by atoms with Crippen LogP contribution in [0.15, 0.2) is 54.1 Å². The predicted octanol–water partition coefficient (Wildman–Crippen LogP) is 3.23. The van der Waals surface area contributed by atoms with Crippen molar-refractivity contribution in [2.45, 2.75) is 6.42 Å². The van der Waals surface area contributed by atoms with E-state index in [1.54, 1.807) is 6.07 Å². The average molecular weight is 312 g/mol. The van der Waals surface area contributed by atoms with Crippen molar-refractivity contribution in [3.8, 4) is 6.07 Å². The van der Waals surface area contributed by atoms with E-state index < -0.39 is 17.5 Å². The molecule has 0 bridgehead atoms. The molecule has 0 fully saturated rings. The zero-order chi connectivity index (χ0) is 16.7. The summed E-state index contributed by atoms with van der Waals surface area (Å²) in [4.78, 5) is 11.9. The van der Waals surface area contributed by atoms with Crippen LogP contribution in [0, 0.1) is 23.0 Å². The third kappa shape index (κ3) is 4.48. The summed E-state index contributed by atoms with van der Waals surface area (Å²) in [5, 5.41) is 11.6. The van der Waals surface area contributed by atoms with Gasteiger partial charge in [-0.25, -0.2) is 8.78 Å². The molecule has 0 saturated carbocycles. The molecule has 116 valence electrons. The lowest BCUT2D eigenvalue weighted by molar-refractivity contribution is -0.117. The number of carbonyl (C=O) groups is 1. The molecular weight excluding hydrogens is 298 g/mol. The van der Waals surface area contributed by atoms with Gasteiger partial charge in [-0.2, -0.15) is 5.26 Å². The van der Waals surface area contributed by atoms with Crippen molar-refractivity contribution >= 4 is 12.0 Å². The summed E-state index contributed by atoms with van der Waals surface area (Å²) in [5.41, 5.74) is 0.633. The van der Waals surface area contributed by atoms with Gasteiger partial charge in [0.25, 0.3) is 5.91 Å². The number of hydrogen-bond donors (Lipinski definition) is 1. The van der Waals surface area contributed by atoms with Crippen LogP contribution in [-0.4, -0.2) is 12.5 Å². The normalized spacial score (nSPS) is 10.9. The number of benzene rings is 2. The van der Waals surface area contributed by atoms with E-state index in [1.807, 2.05) is 30.3 Å². The quantitative estimate of drug-likeness (QED) is 0.681. The predicted molar refractivity (Wildman–Crippen MR) is 83.1 cm³/mol. The minimum absolute atomic E-state index is 0.139. The van der Waals surface area contributed by atoms with Crippen LogP contribution in [0.1, 0.15) is 11.1 Å². The Morgan fingerprint density at radius 1 is 1.13 bits per heavy atom. The Hall–Kier alpha value is -3.00. The molecular formula is C18H14F2N2O. The molecule has 2 aromatic carbocycles. The van der Waals surface area contributed by atoms with Crippen molar-refractivity contribution in [2.75, 3.05) is 6.54 Å². The SMILES string of the molecule is N#C/C(=C/c1cccc(F)c1F)C(=O)NCCc1ccccc1. The van der Waals surface area contributed by atoms with Gasteiger partial charge in [0, 0.05) is 12.1 Å². The second-order valence-corrected chi connectivity index (χ2v) is 4.80. The Morgan fingerprint density at radius 3 is 2.57 bits per heavy atom. The molecule has 3 nitrogen and oxygen atoms in total. The molecule has 0 aliphatic carbocycles. The molecule has 0 heterocycles. The zero-order valence-corrected chi connectivity index (χ0v) is 12.2. The minimum Gasteiger partial charge on any atom is -0.351 e. The molecule has 0 aromatic heterocycles. The highest BCUT2D eigenvalue weighted by Crippen LogP contribution is 2.14. The van der Waals surface area contributed by atoms with Crippen molar-refractivity contribution in [1.82, 2.24) is 5.32 Å². The smallest absolute Gasteiger partial charge is 0.261 e. The van der Waals surface area contributed by atoms with E-state index >= 15 is 0 Å². The summed E-state index contributed by atoms with van der Waals surface area (Å²) < 4.78 is 26.7. The van der Waals surface area contributed by atoms with Gasteiger partial charge >= 0.3 is 0 Å². The van der Waals surface area contributed by atoms with E-state index in [0.29, 0.717) is 13.0 Å². The third-order valence-electron chi connectivity index (χ3n) is 3.19. The first-order chi connectivity index (χ1) is 11.1. The second-order valence-electron chi connectivity index (χ2n) is 4.80. The van der Waals surface area contributed by atoms with Crippen molar-refractivity contribution in [1.29, 1.82) is 5.26 Å². The van der Waals surface area contributed by atoms with Crippen LogP contribution in [-0.2, 0) is 11.2 Å². The van der Waals surface area contributed by atoms with Crippen molar-refractivity contribution in [2.24, 2.45) is 0 Å². The maximum Gasteiger partial charge on any atom is 0.261 e. The topological polar surface area (TPSA) is 52.9 Å². The van der Waals surface area contributed by atoms with Crippen molar-refractivity contribution in [3.63, 3.8) is 0 Å². The summed E-state index contributed by atoms with van der Waals surface area (Å²) in [6.45, 7) is 0.341. The summed E-state index contributed by atoms with van der Waals surface area (Å²) >= 11 is 0. The van der Waals surface area contributed by atoms with E-state index in [9.17, 15) is 13.6 Å². The number of nitrogens with zero attached hydrogens (tertiary/aromatic N) is 1. The highest BCUT2D eigenvalue weighted by atomic mass is 19.2. The monoisotopic (exact) mass is 312 g/mol. The summed E-state index contributed by atoms with van der Waals surface area (Å²) in [7, 11) is 0. The minimum atomic E-state index is -1.09. The maximum absolute atomic E-state index is 13.6. The lowest BCUT2D eigenvalue weighted by Gasteiger charge is -2.05. The highest BCUT2D eigenvalue weighted by molar-refractivity contribution is 6.01. The zero-order valence-electron chi connectivity index (χ0n) is 12.2. The van der Waals surface area contributed by atoms with Gasteiger partial charge in [0.2, 0.25) is 0 Å². The van der Waals surface area contributed by atoms with Crippen LogP contribution in [0.2, 0.25) is 0 Å². The molecule has 0 unspecified atom stereocenters. The first-order valence-corrected chi connectivity index (χ1v) is 6.99. The van der Waals surface area contributed by atoms with Crippen LogP contribution < -0.4 is 5.32 Å². The van der Waals surface area contributed by atoms with Gasteiger partial charge < -0.3 is 5.32 Å².